The summed E-state index contributed by atoms with van der Waals surface area (Å²) in [6.45, 7) is 0. The molecule has 1 aromatic rings. The van der Waals surface area contributed by atoms with E-state index in [1.807, 2.05) is 0 Å². The molecule has 1 aliphatic carbocycles. The molecule has 24 heavy (non-hydrogen) atoms. The van der Waals surface area contributed by atoms with Gasteiger partial charge < -0.3 is 5.32 Å². The molecule has 1 N–H and O–H groups in total. The van der Waals surface area contributed by atoms with E-state index in [4.69, 9.17) is 11.6 Å². The van der Waals surface area contributed by atoms with Gasteiger partial charge in [0.25, 0.3) is 5.91 Å². The predicted octanol–water partition coefficient (Wildman–Crippen LogP) is 3.59. The summed E-state index contributed by atoms with van der Waals surface area (Å²) < 4.78 is 61.7. The van der Waals surface area contributed by atoms with Gasteiger partial charge in [0.05, 0.1) is 15.8 Å². The Kier molecular flexibility index (Phi) is 5.49. The highest BCUT2D eigenvalue weighted by molar-refractivity contribution is 7.90. The second-order valence-electron chi connectivity index (χ2n) is 5.99. The van der Waals surface area contributed by atoms with Crippen molar-refractivity contribution in [2.45, 2.75) is 42.8 Å². The minimum Gasteiger partial charge on any atom is -0.349 e. The SMILES string of the molecule is CS(=O)(=O)c1cc(C(=O)NC2CCCC(C(F)(F)F)C2)ccc1Cl. The molecule has 1 amide bonds. The summed E-state index contributed by atoms with van der Waals surface area (Å²) in [7, 11) is -3.61. The number of rotatable bonds is 3. The van der Waals surface area contributed by atoms with Gasteiger partial charge in [0.1, 0.15) is 0 Å². The molecule has 0 spiro atoms. The first-order valence-electron chi connectivity index (χ1n) is 7.35. The predicted molar refractivity (Wildman–Crippen MR) is 83.8 cm³/mol. The third-order valence-electron chi connectivity index (χ3n) is 4.07. The second kappa shape index (κ2) is 6.92. The Labute approximate surface area is 143 Å². The summed E-state index contributed by atoms with van der Waals surface area (Å²) in [5.74, 6) is -2.03. The Balaban J connectivity index is 2.13. The summed E-state index contributed by atoms with van der Waals surface area (Å²) in [6, 6.07) is 3.18. The smallest absolute Gasteiger partial charge is 0.349 e. The number of sulfone groups is 1. The maximum atomic E-state index is 12.8. The zero-order chi connectivity index (χ0) is 18.1. The van der Waals surface area contributed by atoms with Crippen LogP contribution in [0.2, 0.25) is 5.02 Å². The molecular formula is C15H17ClF3NO3S. The standard InChI is InChI=1S/C15H17ClF3NO3S/c1-24(22,23)13-7-9(5-6-12(13)16)14(21)20-11-4-2-3-10(8-11)15(17,18)19/h5-7,10-11H,2-4,8H2,1H3,(H,20,21). The zero-order valence-corrected chi connectivity index (χ0v) is 14.4. The van der Waals surface area contributed by atoms with Gasteiger partial charge >= 0.3 is 6.18 Å². The van der Waals surface area contributed by atoms with Gasteiger partial charge in [-0.2, -0.15) is 13.2 Å². The van der Waals surface area contributed by atoms with Crippen molar-refractivity contribution < 1.29 is 26.4 Å². The van der Waals surface area contributed by atoms with E-state index in [9.17, 15) is 26.4 Å². The van der Waals surface area contributed by atoms with E-state index < -0.39 is 33.9 Å². The highest BCUT2D eigenvalue weighted by Gasteiger charge is 2.42. The fourth-order valence-electron chi connectivity index (χ4n) is 2.82. The molecule has 0 radical (unpaired) electrons. The Morgan fingerprint density at radius 3 is 2.54 bits per heavy atom. The fraction of sp³-hybridized carbons (Fsp3) is 0.533. The van der Waals surface area contributed by atoms with Gasteiger partial charge in [0.15, 0.2) is 9.84 Å². The highest BCUT2D eigenvalue weighted by atomic mass is 35.5. The molecule has 4 nitrogen and oxygen atoms in total. The van der Waals surface area contributed by atoms with E-state index >= 15 is 0 Å². The molecule has 1 saturated carbocycles. The van der Waals surface area contributed by atoms with Crippen LogP contribution in [0.1, 0.15) is 36.0 Å². The first-order chi connectivity index (χ1) is 11.0. The largest absolute Gasteiger partial charge is 0.391 e. The van der Waals surface area contributed by atoms with Crippen LogP contribution in [0.3, 0.4) is 0 Å². The first-order valence-corrected chi connectivity index (χ1v) is 9.62. The van der Waals surface area contributed by atoms with Gasteiger partial charge in [-0.25, -0.2) is 8.42 Å². The third-order valence-corrected chi connectivity index (χ3v) is 5.64. The van der Waals surface area contributed by atoms with Crippen LogP contribution >= 0.6 is 11.6 Å². The van der Waals surface area contributed by atoms with Crippen LogP contribution in [0.25, 0.3) is 0 Å². The van der Waals surface area contributed by atoms with E-state index in [1.54, 1.807) is 0 Å². The summed E-state index contributed by atoms with van der Waals surface area (Å²) in [4.78, 5) is 12.0. The van der Waals surface area contributed by atoms with E-state index in [1.165, 1.54) is 12.1 Å². The van der Waals surface area contributed by atoms with Crippen molar-refractivity contribution in [2.75, 3.05) is 6.26 Å². The average molecular weight is 384 g/mol. The highest BCUT2D eigenvalue weighted by Crippen LogP contribution is 2.37. The van der Waals surface area contributed by atoms with Gasteiger partial charge in [0, 0.05) is 17.9 Å². The Hall–Kier alpha value is -1.28. The van der Waals surface area contributed by atoms with Crippen LogP contribution in [0.15, 0.2) is 23.1 Å². The molecule has 0 aliphatic heterocycles. The fourth-order valence-corrected chi connectivity index (χ4v) is 4.12. The number of amides is 1. The topological polar surface area (TPSA) is 63.2 Å². The van der Waals surface area contributed by atoms with Crippen molar-refractivity contribution in [2.24, 2.45) is 5.92 Å². The maximum absolute atomic E-state index is 12.8. The first kappa shape index (κ1) is 19.1. The van der Waals surface area contributed by atoms with E-state index in [2.05, 4.69) is 5.32 Å². The average Bonchev–Trinajstić information content (AvgIpc) is 2.45. The van der Waals surface area contributed by atoms with Crippen molar-refractivity contribution in [1.82, 2.24) is 5.32 Å². The molecule has 0 heterocycles. The normalized spacial score (nSPS) is 22.2. The van der Waals surface area contributed by atoms with Crippen molar-refractivity contribution in [3.05, 3.63) is 28.8 Å². The summed E-state index contributed by atoms with van der Waals surface area (Å²) >= 11 is 5.81. The minimum absolute atomic E-state index is 0.0103. The summed E-state index contributed by atoms with van der Waals surface area (Å²) in [5.41, 5.74) is 0.0500. The molecule has 1 aliphatic rings. The van der Waals surface area contributed by atoms with Gasteiger partial charge in [-0.05, 0) is 37.5 Å². The summed E-state index contributed by atoms with van der Waals surface area (Å²) in [6.07, 6.45) is -2.57. The molecule has 2 rings (SSSR count). The molecule has 134 valence electrons. The lowest BCUT2D eigenvalue weighted by Gasteiger charge is -2.31. The molecule has 2 unspecified atom stereocenters. The van der Waals surface area contributed by atoms with Crippen LogP contribution in [-0.2, 0) is 9.84 Å². The van der Waals surface area contributed by atoms with Crippen molar-refractivity contribution in [1.29, 1.82) is 0 Å². The lowest BCUT2D eigenvalue weighted by Crippen LogP contribution is -2.41. The number of alkyl halides is 3. The van der Waals surface area contributed by atoms with Gasteiger partial charge in [0.2, 0.25) is 0 Å². The van der Waals surface area contributed by atoms with Crippen LogP contribution < -0.4 is 5.32 Å². The Morgan fingerprint density at radius 2 is 1.96 bits per heavy atom. The Bertz CT molecular complexity index is 734. The number of carbonyl (C=O) groups excluding carboxylic acids is 1. The van der Waals surface area contributed by atoms with Crippen LogP contribution in [0.5, 0.6) is 0 Å². The number of carbonyl (C=O) groups is 1. The van der Waals surface area contributed by atoms with Crippen LogP contribution in [-0.4, -0.2) is 32.8 Å². The monoisotopic (exact) mass is 383 g/mol. The quantitative estimate of drug-likeness (QED) is 0.867. The molecule has 1 fully saturated rings. The van der Waals surface area contributed by atoms with Crippen molar-refractivity contribution in [3.63, 3.8) is 0 Å². The number of benzene rings is 1. The van der Waals surface area contributed by atoms with Crippen molar-refractivity contribution in [3.8, 4) is 0 Å². The second-order valence-corrected chi connectivity index (χ2v) is 8.38. The van der Waals surface area contributed by atoms with E-state index in [0.29, 0.717) is 12.8 Å². The molecule has 1 aromatic carbocycles. The molecule has 0 bridgehead atoms. The van der Waals surface area contributed by atoms with E-state index in [-0.39, 0.29) is 28.3 Å². The van der Waals surface area contributed by atoms with Crippen molar-refractivity contribution >= 4 is 27.3 Å². The van der Waals surface area contributed by atoms with Gasteiger partial charge in [-0.15, -0.1) is 0 Å². The number of hydrogen-bond donors (Lipinski definition) is 1. The number of hydrogen-bond acceptors (Lipinski definition) is 3. The summed E-state index contributed by atoms with van der Waals surface area (Å²) in [5, 5.41) is 2.55. The number of nitrogens with one attached hydrogen (secondary N) is 1. The maximum Gasteiger partial charge on any atom is 0.391 e. The van der Waals surface area contributed by atoms with Gasteiger partial charge in [-0.1, -0.05) is 18.0 Å². The lowest BCUT2D eigenvalue weighted by molar-refractivity contribution is -0.183. The number of halogens is 4. The molecule has 2 atom stereocenters. The van der Waals surface area contributed by atoms with Crippen LogP contribution in [0, 0.1) is 5.92 Å². The zero-order valence-electron chi connectivity index (χ0n) is 12.9. The molecule has 9 heteroatoms. The van der Waals surface area contributed by atoms with E-state index in [0.717, 1.165) is 12.3 Å². The Morgan fingerprint density at radius 1 is 1.29 bits per heavy atom. The lowest BCUT2D eigenvalue weighted by atomic mass is 9.85. The third kappa shape index (κ3) is 4.63. The molecule has 0 aromatic heterocycles. The molecule has 0 saturated heterocycles. The minimum atomic E-state index is -4.27. The van der Waals surface area contributed by atoms with Gasteiger partial charge in [-0.3, -0.25) is 4.79 Å². The molecular weight excluding hydrogens is 367 g/mol. The van der Waals surface area contributed by atoms with Crippen LogP contribution in [0.4, 0.5) is 13.2 Å².